The number of aromatic amines is 1. The number of hydrogen-bond donors (Lipinski definition) is 2. The number of morpholine rings is 1. The predicted octanol–water partition coefficient (Wildman–Crippen LogP) is 3.34. The predicted molar refractivity (Wildman–Crippen MR) is 124 cm³/mol. The molecule has 0 bridgehead atoms. The van der Waals surface area contributed by atoms with Crippen molar-refractivity contribution in [2.45, 2.75) is 12.6 Å². The van der Waals surface area contributed by atoms with Crippen molar-refractivity contribution in [3.05, 3.63) is 78.1 Å². The molecule has 0 radical (unpaired) electrons. The van der Waals surface area contributed by atoms with Crippen molar-refractivity contribution in [1.82, 2.24) is 20.1 Å². The van der Waals surface area contributed by atoms with Crippen LogP contribution in [0.5, 0.6) is 0 Å². The summed E-state index contributed by atoms with van der Waals surface area (Å²) in [7, 11) is 0. The zero-order chi connectivity index (χ0) is 22.6. The Hall–Kier alpha value is -4.06. The van der Waals surface area contributed by atoms with Gasteiger partial charge in [-0.1, -0.05) is 18.2 Å². The van der Waals surface area contributed by atoms with E-state index in [9.17, 15) is 10.1 Å². The Morgan fingerprint density at radius 3 is 2.91 bits per heavy atom. The highest BCUT2D eigenvalue weighted by atomic mass is 16.5. The number of H-pyrrole nitrogens is 1. The molecular weight excluding hydrogens is 416 g/mol. The van der Waals surface area contributed by atoms with Gasteiger partial charge >= 0.3 is 0 Å². The molecule has 1 unspecified atom stereocenters. The molecule has 164 valence electrons. The molecule has 3 heterocycles. The molecule has 8 heteroatoms. The van der Waals surface area contributed by atoms with E-state index in [0.717, 1.165) is 27.7 Å². The number of fused-ring (bicyclic) bond motifs is 1. The Balaban J connectivity index is 1.29. The van der Waals surface area contributed by atoms with Gasteiger partial charge in [0.25, 0.3) is 5.91 Å². The maximum absolute atomic E-state index is 13.0. The van der Waals surface area contributed by atoms with E-state index >= 15 is 0 Å². The summed E-state index contributed by atoms with van der Waals surface area (Å²) >= 11 is 0. The van der Waals surface area contributed by atoms with Crippen LogP contribution in [0.4, 0.5) is 5.69 Å². The third-order valence-electron chi connectivity index (χ3n) is 5.76. The Morgan fingerprint density at radius 2 is 2.06 bits per heavy atom. The molecule has 8 nitrogen and oxygen atoms in total. The van der Waals surface area contributed by atoms with Crippen molar-refractivity contribution in [2.75, 3.05) is 25.0 Å². The van der Waals surface area contributed by atoms with E-state index in [1.807, 2.05) is 54.6 Å². The lowest BCUT2D eigenvalue weighted by atomic mass is 10.1. The first-order valence-electron chi connectivity index (χ1n) is 10.7. The molecular formula is C25H22N6O2. The van der Waals surface area contributed by atoms with Gasteiger partial charge in [0.15, 0.2) is 0 Å². The number of aromatic nitrogens is 3. The number of ether oxygens (including phenoxy) is 1. The summed E-state index contributed by atoms with van der Waals surface area (Å²) in [6.07, 6.45) is 2.86. The molecule has 5 rings (SSSR count). The molecule has 0 saturated carbocycles. The largest absolute Gasteiger partial charge is 0.366 e. The molecule has 0 aliphatic carbocycles. The molecule has 1 amide bonds. The van der Waals surface area contributed by atoms with Gasteiger partial charge in [-0.05, 0) is 42.0 Å². The van der Waals surface area contributed by atoms with Gasteiger partial charge in [-0.3, -0.25) is 19.8 Å². The Morgan fingerprint density at radius 1 is 1.21 bits per heavy atom. The number of carbonyl (C=O) groups excluding carboxylic acids is 1. The maximum Gasteiger partial charge on any atom is 0.254 e. The lowest BCUT2D eigenvalue weighted by Gasteiger charge is -2.32. The molecule has 4 aromatic rings. The maximum atomic E-state index is 13.0. The van der Waals surface area contributed by atoms with Gasteiger partial charge in [-0.2, -0.15) is 10.4 Å². The fraction of sp³-hybridized carbons (Fsp3) is 0.200. The molecule has 2 N–H and O–H groups in total. The van der Waals surface area contributed by atoms with E-state index in [2.05, 4.69) is 31.5 Å². The summed E-state index contributed by atoms with van der Waals surface area (Å²) in [5.41, 5.74) is 4.93. The minimum Gasteiger partial charge on any atom is -0.366 e. The van der Waals surface area contributed by atoms with Crippen LogP contribution in [0.2, 0.25) is 0 Å². The average Bonchev–Trinajstić information content (AvgIpc) is 3.28. The second-order valence-electron chi connectivity index (χ2n) is 7.92. The van der Waals surface area contributed by atoms with Crippen LogP contribution in [0.15, 0.2) is 67.0 Å². The molecule has 2 aromatic heterocycles. The van der Waals surface area contributed by atoms with E-state index < -0.39 is 6.10 Å². The summed E-state index contributed by atoms with van der Waals surface area (Å²) in [5, 5.41) is 20.7. The number of rotatable bonds is 5. The first kappa shape index (κ1) is 20.8. The molecule has 33 heavy (non-hydrogen) atoms. The standard InChI is InChI=1S/C25H22N6O2/c26-14-18-3-1-2-4-19(18)15-31-11-12-33-23(16-31)25(32)28-20-5-6-22-21(13-20)24(30-29-22)17-7-9-27-10-8-17/h1-10,13,23H,11-12,15-16H2,(H,28,32)(H,29,30). The third kappa shape index (κ3) is 4.46. The fourth-order valence-electron chi connectivity index (χ4n) is 4.06. The van der Waals surface area contributed by atoms with E-state index in [0.29, 0.717) is 37.5 Å². The van der Waals surface area contributed by atoms with E-state index in [1.54, 1.807) is 12.4 Å². The molecule has 1 atom stereocenters. The van der Waals surface area contributed by atoms with Crippen molar-refractivity contribution in [1.29, 1.82) is 5.26 Å². The number of carbonyl (C=O) groups is 1. The summed E-state index contributed by atoms with van der Waals surface area (Å²) in [6, 6.07) is 19.2. The Bertz CT molecular complexity index is 1330. The quantitative estimate of drug-likeness (QED) is 0.495. The number of nitrogens with one attached hydrogen (secondary N) is 2. The van der Waals surface area contributed by atoms with Crippen LogP contribution in [0.25, 0.3) is 22.2 Å². The fourth-order valence-corrected chi connectivity index (χ4v) is 4.06. The zero-order valence-corrected chi connectivity index (χ0v) is 17.9. The lowest BCUT2D eigenvalue weighted by Crippen LogP contribution is -2.47. The molecule has 1 aliphatic heterocycles. The summed E-state index contributed by atoms with van der Waals surface area (Å²) in [4.78, 5) is 19.2. The lowest BCUT2D eigenvalue weighted by molar-refractivity contribution is -0.133. The van der Waals surface area contributed by atoms with Crippen LogP contribution in [0.1, 0.15) is 11.1 Å². The molecule has 0 spiro atoms. The summed E-state index contributed by atoms with van der Waals surface area (Å²) in [6.45, 7) is 2.23. The van der Waals surface area contributed by atoms with Gasteiger partial charge in [0.1, 0.15) is 11.8 Å². The number of hydrogen-bond acceptors (Lipinski definition) is 6. The first-order valence-corrected chi connectivity index (χ1v) is 10.7. The minimum absolute atomic E-state index is 0.193. The first-order chi connectivity index (χ1) is 16.2. The Kier molecular flexibility index (Phi) is 5.81. The topological polar surface area (TPSA) is 107 Å². The SMILES string of the molecule is N#Cc1ccccc1CN1CCOC(C(=O)Nc2ccc3[nH]nc(-c4ccncc4)c3c2)C1. The minimum atomic E-state index is -0.590. The second kappa shape index (κ2) is 9.20. The zero-order valence-electron chi connectivity index (χ0n) is 17.9. The number of amides is 1. The van der Waals surface area contributed by atoms with Crippen molar-refractivity contribution in [2.24, 2.45) is 0 Å². The van der Waals surface area contributed by atoms with Gasteiger partial charge in [-0.15, -0.1) is 0 Å². The van der Waals surface area contributed by atoms with Gasteiger partial charge in [0.2, 0.25) is 0 Å². The number of nitrogens with zero attached hydrogens (tertiary/aromatic N) is 4. The summed E-state index contributed by atoms with van der Waals surface area (Å²) in [5.74, 6) is -0.193. The van der Waals surface area contributed by atoms with Crippen LogP contribution in [0.3, 0.4) is 0 Å². The van der Waals surface area contributed by atoms with E-state index in [1.165, 1.54) is 0 Å². The number of nitriles is 1. The van der Waals surface area contributed by atoms with Crippen LogP contribution in [-0.4, -0.2) is 51.8 Å². The highest BCUT2D eigenvalue weighted by molar-refractivity contribution is 5.99. The molecule has 1 aliphatic rings. The Labute approximate surface area is 190 Å². The third-order valence-corrected chi connectivity index (χ3v) is 5.76. The molecule has 1 saturated heterocycles. The smallest absolute Gasteiger partial charge is 0.254 e. The van der Waals surface area contributed by atoms with Crippen LogP contribution in [-0.2, 0) is 16.1 Å². The highest BCUT2D eigenvalue weighted by Crippen LogP contribution is 2.28. The number of pyridine rings is 1. The van der Waals surface area contributed by atoms with Crippen LogP contribution < -0.4 is 5.32 Å². The van der Waals surface area contributed by atoms with Gasteiger partial charge in [-0.25, -0.2) is 0 Å². The monoisotopic (exact) mass is 438 g/mol. The highest BCUT2D eigenvalue weighted by Gasteiger charge is 2.27. The molecule has 1 fully saturated rings. The normalized spacial score (nSPS) is 16.4. The van der Waals surface area contributed by atoms with Crippen molar-refractivity contribution in [3.63, 3.8) is 0 Å². The van der Waals surface area contributed by atoms with Crippen LogP contribution >= 0.6 is 0 Å². The summed E-state index contributed by atoms with van der Waals surface area (Å²) < 4.78 is 5.76. The van der Waals surface area contributed by atoms with E-state index in [-0.39, 0.29) is 5.91 Å². The number of benzene rings is 2. The molecule has 2 aromatic carbocycles. The number of anilines is 1. The van der Waals surface area contributed by atoms with Gasteiger partial charge < -0.3 is 10.1 Å². The van der Waals surface area contributed by atoms with Crippen molar-refractivity contribution in [3.8, 4) is 17.3 Å². The van der Waals surface area contributed by atoms with Crippen LogP contribution in [0, 0.1) is 11.3 Å². The van der Waals surface area contributed by atoms with Gasteiger partial charge in [0.05, 0.1) is 23.8 Å². The van der Waals surface area contributed by atoms with E-state index in [4.69, 9.17) is 4.74 Å². The average molecular weight is 438 g/mol. The van der Waals surface area contributed by atoms with Crippen molar-refractivity contribution >= 4 is 22.5 Å². The van der Waals surface area contributed by atoms with Crippen molar-refractivity contribution < 1.29 is 9.53 Å². The second-order valence-corrected chi connectivity index (χ2v) is 7.92. The van der Waals surface area contributed by atoms with Gasteiger partial charge in [0, 0.05) is 48.7 Å².